The Kier molecular flexibility index (Phi) is 8.45. The standard InChI is InChI=1S/C22H22O8.H2O/c1-11-5-7-15(9-13(11)3)21(27)29-17(19(23)24)18(20(25)26)30-22(28)16-8-6-12(2)14(4)10-16;/h5-10,17-18H,1-4H3,(H,23,24)(H,25,26);1H2/t17-,18-;/m0./s1. The van der Waals surface area contributed by atoms with Gasteiger partial charge in [0, 0.05) is 0 Å². The van der Waals surface area contributed by atoms with Gasteiger partial charge in [-0.1, -0.05) is 12.1 Å². The summed E-state index contributed by atoms with van der Waals surface area (Å²) in [7, 11) is 0. The molecule has 0 amide bonds. The molecule has 9 nitrogen and oxygen atoms in total. The predicted octanol–water partition coefficient (Wildman–Crippen LogP) is 2.02. The Labute approximate surface area is 178 Å². The van der Waals surface area contributed by atoms with Crippen LogP contribution >= 0.6 is 0 Å². The number of aliphatic carboxylic acids is 2. The summed E-state index contributed by atoms with van der Waals surface area (Å²) in [6, 6.07) is 9.15. The predicted molar refractivity (Wildman–Crippen MR) is 109 cm³/mol. The molecule has 0 unspecified atom stereocenters. The van der Waals surface area contributed by atoms with E-state index in [0.717, 1.165) is 22.3 Å². The summed E-state index contributed by atoms with van der Waals surface area (Å²) in [6.07, 6.45) is -4.46. The molecule has 31 heavy (non-hydrogen) atoms. The highest BCUT2D eigenvalue weighted by Crippen LogP contribution is 2.17. The van der Waals surface area contributed by atoms with Gasteiger partial charge >= 0.3 is 23.9 Å². The molecule has 166 valence electrons. The fraction of sp³-hybridized carbons (Fsp3) is 0.273. The van der Waals surface area contributed by atoms with E-state index in [4.69, 9.17) is 9.47 Å². The minimum atomic E-state index is -2.23. The molecule has 0 aliphatic heterocycles. The van der Waals surface area contributed by atoms with Gasteiger partial charge in [-0.05, 0) is 74.2 Å². The third kappa shape index (κ3) is 6.13. The van der Waals surface area contributed by atoms with Crippen LogP contribution in [0.25, 0.3) is 0 Å². The molecule has 0 saturated carbocycles. The fourth-order valence-corrected chi connectivity index (χ4v) is 2.59. The van der Waals surface area contributed by atoms with Crippen LogP contribution in [0.3, 0.4) is 0 Å². The molecule has 2 aromatic carbocycles. The van der Waals surface area contributed by atoms with Crippen molar-refractivity contribution in [3.63, 3.8) is 0 Å². The van der Waals surface area contributed by atoms with Gasteiger partial charge < -0.3 is 25.2 Å². The molecule has 0 aliphatic carbocycles. The van der Waals surface area contributed by atoms with Gasteiger partial charge in [-0.3, -0.25) is 0 Å². The minimum absolute atomic E-state index is 0. The fourth-order valence-electron chi connectivity index (χ4n) is 2.59. The highest BCUT2D eigenvalue weighted by atomic mass is 16.6. The van der Waals surface area contributed by atoms with E-state index in [1.54, 1.807) is 26.0 Å². The van der Waals surface area contributed by atoms with Gasteiger partial charge in [0.2, 0.25) is 12.2 Å². The minimum Gasteiger partial charge on any atom is -0.478 e. The smallest absolute Gasteiger partial charge is 0.349 e. The maximum atomic E-state index is 12.4. The third-order valence-electron chi connectivity index (χ3n) is 4.71. The number of hydrogen-bond donors (Lipinski definition) is 2. The second-order valence-corrected chi connectivity index (χ2v) is 6.93. The largest absolute Gasteiger partial charge is 0.478 e. The van der Waals surface area contributed by atoms with E-state index in [9.17, 15) is 29.4 Å². The summed E-state index contributed by atoms with van der Waals surface area (Å²) in [5.41, 5.74) is 3.46. The van der Waals surface area contributed by atoms with Crippen LogP contribution in [0.2, 0.25) is 0 Å². The Bertz CT molecular complexity index is 929. The monoisotopic (exact) mass is 432 g/mol. The molecule has 4 N–H and O–H groups in total. The van der Waals surface area contributed by atoms with Gasteiger partial charge in [-0.25, -0.2) is 19.2 Å². The number of benzene rings is 2. The molecular formula is C22H24O9. The molecule has 0 heterocycles. The molecule has 0 aliphatic rings. The molecule has 0 aromatic heterocycles. The lowest BCUT2D eigenvalue weighted by Gasteiger charge is -2.21. The van der Waals surface area contributed by atoms with Crippen molar-refractivity contribution in [3.05, 3.63) is 69.8 Å². The number of esters is 2. The van der Waals surface area contributed by atoms with E-state index in [1.165, 1.54) is 24.3 Å². The number of rotatable bonds is 7. The van der Waals surface area contributed by atoms with Crippen molar-refractivity contribution in [2.24, 2.45) is 0 Å². The van der Waals surface area contributed by atoms with Crippen LogP contribution in [0, 0.1) is 27.7 Å². The first-order valence-corrected chi connectivity index (χ1v) is 9.03. The number of carbonyl (C=O) groups is 4. The zero-order chi connectivity index (χ0) is 22.6. The van der Waals surface area contributed by atoms with E-state index >= 15 is 0 Å². The molecule has 9 heteroatoms. The number of ether oxygens (including phenoxy) is 2. The lowest BCUT2D eigenvalue weighted by Crippen LogP contribution is -2.45. The molecule has 2 atom stereocenters. The molecule has 0 saturated heterocycles. The Balaban J connectivity index is 0.00000480. The normalized spacial score (nSPS) is 12.1. The number of aryl methyl sites for hydroxylation is 4. The van der Waals surface area contributed by atoms with Crippen molar-refractivity contribution in [1.82, 2.24) is 0 Å². The van der Waals surface area contributed by atoms with Crippen LogP contribution in [-0.2, 0) is 19.1 Å². The van der Waals surface area contributed by atoms with Crippen molar-refractivity contribution in [2.75, 3.05) is 0 Å². The molecule has 0 fully saturated rings. The second kappa shape index (κ2) is 10.4. The maximum absolute atomic E-state index is 12.4. The first-order valence-electron chi connectivity index (χ1n) is 9.03. The highest BCUT2D eigenvalue weighted by molar-refractivity contribution is 5.95. The van der Waals surface area contributed by atoms with E-state index in [1.807, 2.05) is 13.8 Å². The van der Waals surface area contributed by atoms with E-state index in [0.29, 0.717) is 0 Å². The van der Waals surface area contributed by atoms with Crippen molar-refractivity contribution in [1.29, 1.82) is 0 Å². The van der Waals surface area contributed by atoms with Crippen molar-refractivity contribution in [3.8, 4) is 0 Å². The van der Waals surface area contributed by atoms with Crippen molar-refractivity contribution in [2.45, 2.75) is 39.9 Å². The summed E-state index contributed by atoms with van der Waals surface area (Å²) in [6.45, 7) is 7.17. The summed E-state index contributed by atoms with van der Waals surface area (Å²) in [5, 5.41) is 18.8. The first kappa shape index (κ1) is 25.3. The Morgan fingerprint density at radius 3 is 1.23 bits per heavy atom. The summed E-state index contributed by atoms with van der Waals surface area (Å²) in [5.74, 6) is -5.60. The Hall–Kier alpha value is -3.72. The summed E-state index contributed by atoms with van der Waals surface area (Å²) >= 11 is 0. The van der Waals surface area contributed by atoms with Crippen LogP contribution in [0.4, 0.5) is 0 Å². The summed E-state index contributed by atoms with van der Waals surface area (Å²) in [4.78, 5) is 48.0. The van der Waals surface area contributed by atoms with Crippen molar-refractivity contribution >= 4 is 23.9 Å². The molecular weight excluding hydrogens is 408 g/mol. The average Bonchev–Trinajstić information content (AvgIpc) is 2.67. The van der Waals surface area contributed by atoms with Gasteiger partial charge in [-0.2, -0.15) is 0 Å². The van der Waals surface area contributed by atoms with Crippen molar-refractivity contribution < 1.29 is 44.3 Å². The first-order chi connectivity index (χ1) is 14.0. The third-order valence-corrected chi connectivity index (χ3v) is 4.71. The quantitative estimate of drug-likeness (QED) is 0.629. The number of carbonyl (C=O) groups excluding carboxylic acids is 2. The zero-order valence-electron chi connectivity index (χ0n) is 17.5. The van der Waals surface area contributed by atoms with Gasteiger partial charge in [0.15, 0.2) is 0 Å². The molecule has 0 bridgehead atoms. The van der Waals surface area contributed by atoms with Crippen LogP contribution in [0.5, 0.6) is 0 Å². The molecule has 0 spiro atoms. The van der Waals surface area contributed by atoms with Crippen LogP contribution < -0.4 is 0 Å². The Morgan fingerprint density at radius 1 is 0.645 bits per heavy atom. The van der Waals surface area contributed by atoms with Gasteiger partial charge in [-0.15, -0.1) is 0 Å². The second-order valence-electron chi connectivity index (χ2n) is 6.93. The van der Waals surface area contributed by atoms with Crippen LogP contribution in [0.15, 0.2) is 36.4 Å². The van der Waals surface area contributed by atoms with Gasteiger partial charge in [0.05, 0.1) is 11.1 Å². The number of carboxylic acid groups (broad SMARTS) is 2. The SMILES string of the molecule is Cc1ccc(C(=O)O[C@H](C(=O)O)[C@H](OC(=O)c2ccc(C)c(C)c2)C(=O)O)cc1C.O. The number of carboxylic acids is 2. The van der Waals surface area contributed by atoms with E-state index in [-0.39, 0.29) is 16.6 Å². The molecule has 2 aromatic rings. The molecule has 0 radical (unpaired) electrons. The van der Waals surface area contributed by atoms with E-state index < -0.39 is 36.1 Å². The van der Waals surface area contributed by atoms with Gasteiger partial charge in [0.1, 0.15) is 0 Å². The maximum Gasteiger partial charge on any atom is 0.349 e. The molecule has 2 rings (SSSR count). The van der Waals surface area contributed by atoms with Gasteiger partial charge in [0.25, 0.3) is 0 Å². The lowest BCUT2D eigenvalue weighted by molar-refractivity contribution is -0.166. The Morgan fingerprint density at radius 2 is 0.968 bits per heavy atom. The topological polar surface area (TPSA) is 159 Å². The number of hydrogen-bond acceptors (Lipinski definition) is 6. The summed E-state index contributed by atoms with van der Waals surface area (Å²) < 4.78 is 9.80. The zero-order valence-corrected chi connectivity index (χ0v) is 17.5. The lowest BCUT2D eigenvalue weighted by atomic mass is 10.1. The average molecular weight is 432 g/mol. The van der Waals surface area contributed by atoms with Crippen LogP contribution in [-0.4, -0.2) is 51.8 Å². The van der Waals surface area contributed by atoms with Crippen LogP contribution in [0.1, 0.15) is 43.0 Å². The van der Waals surface area contributed by atoms with E-state index in [2.05, 4.69) is 0 Å². The highest BCUT2D eigenvalue weighted by Gasteiger charge is 2.41.